The molecule has 2 amide bonds. The molecule has 0 aliphatic carbocycles. The molecule has 0 spiro atoms. The molecule has 136 valence electrons. The highest BCUT2D eigenvalue weighted by atomic mass is 16.6. The van der Waals surface area contributed by atoms with Crippen LogP contribution < -0.4 is 14.8 Å². The number of anilines is 1. The van der Waals surface area contributed by atoms with E-state index in [4.69, 9.17) is 9.47 Å². The number of ether oxygens (including phenoxy) is 2. The molecular formula is C20H22N2O4. The van der Waals surface area contributed by atoms with E-state index in [0.717, 1.165) is 16.8 Å². The molecule has 0 unspecified atom stereocenters. The summed E-state index contributed by atoms with van der Waals surface area (Å²) in [6, 6.07) is 13.0. The maximum Gasteiger partial charge on any atom is 0.267 e. The Balaban J connectivity index is 1.59. The highest BCUT2D eigenvalue weighted by Crippen LogP contribution is 2.31. The van der Waals surface area contributed by atoms with Crippen molar-refractivity contribution < 1.29 is 19.1 Å². The Bertz CT molecular complexity index is 834. The van der Waals surface area contributed by atoms with Gasteiger partial charge in [-0.05, 0) is 43.2 Å². The summed E-state index contributed by atoms with van der Waals surface area (Å²) in [5.74, 6) is 0.597. The Morgan fingerprint density at radius 2 is 1.88 bits per heavy atom. The average molecular weight is 354 g/mol. The number of rotatable bonds is 4. The van der Waals surface area contributed by atoms with Gasteiger partial charge >= 0.3 is 0 Å². The molecule has 6 heteroatoms. The van der Waals surface area contributed by atoms with Gasteiger partial charge in [-0.3, -0.25) is 9.59 Å². The number of amides is 2. The quantitative estimate of drug-likeness (QED) is 0.916. The van der Waals surface area contributed by atoms with E-state index in [0.29, 0.717) is 11.5 Å². The van der Waals surface area contributed by atoms with Gasteiger partial charge < -0.3 is 19.7 Å². The number of carbonyl (C=O) groups excluding carboxylic acids is 2. The molecule has 0 saturated carbocycles. The van der Waals surface area contributed by atoms with Crippen molar-refractivity contribution in [3.05, 3.63) is 53.6 Å². The van der Waals surface area contributed by atoms with Crippen LogP contribution in [-0.4, -0.2) is 43.0 Å². The molecule has 6 nitrogen and oxygen atoms in total. The van der Waals surface area contributed by atoms with E-state index in [9.17, 15) is 9.59 Å². The van der Waals surface area contributed by atoms with E-state index in [2.05, 4.69) is 5.32 Å². The van der Waals surface area contributed by atoms with Crippen LogP contribution in [-0.2, 0) is 9.59 Å². The minimum absolute atomic E-state index is 0.0618. The highest BCUT2D eigenvalue weighted by Gasteiger charge is 2.30. The van der Waals surface area contributed by atoms with Gasteiger partial charge in [0.25, 0.3) is 5.91 Å². The van der Waals surface area contributed by atoms with Gasteiger partial charge in [-0.25, -0.2) is 0 Å². The molecule has 3 rings (SSSR count). The first-order valence-corrected chi connectivity index (χ1v) is 8.44. The first kappa shape index (κ1) is 17.8. The minimum Gasteiger partial charge on any atom is -0.485 e. The molecule has 2 aromatic carbocycles. The van der Waals surface area contributed by atoms with Crippen LogP contribution in [0, 0.1) is 13.8 Å². The van der Waals surface area contributed by atoms with Crippen molar-refractivity contribution in [1.82, 2.24) is 4.90 Å². The van der Waals surface area contributed by atoms with E-state index < -0.39 is 6.10 Å². The Kier molecular flexibility index (Phi) is 5.11. The summed E-state index contributed by atoms with van der Waals surface area (Å²) in [7, 11) is 1.58. The smallest absolute Gasteiger partial charge is 0.267 e. The summed E-state index contributed by atoms with van der Waals surface area (Å²) in [5.41, 5.74) is 2.78. The van der Waals surface area contributed by atoms with Gasteiger partial charge in [0.1, 0.15) is 6.61 Å². The number of benzene rings is 2. The number of likely N-dealkylation sites (N-methyl/N-ethyl adjacent to an activating group) is 1. The summed E-state index contributed by atoms with van der Waals surface area (Å²) in [6.45, 7) is 3.95. The predicted octanol–water partition coefficient (Wildman–Crippen LogP) is 2.54. The molecule has 0 saturated heterocycles. The van der Waals surface area contributed by atoms with E-state index in [1.165, 1.54) is 4.90 Å². The molecule has 26 heavy (non-hydrogen) atoms. The van der Waals surface area contributed by atoms with Crippen LogP contribution in [0.4, 0.5) is 5.69 Å². The molecule has 0 fully saturated rings. The standard InChI is InChI=1S/C20H22N2O4/c1-13-8-9-14(2)15(10-13)21-19(23)11-22(3)20(24)18-12-25-16-6-4-5-7-17(16)26-18/h4-10,18H,11-12H2,1-3H3,(H,21,23)/t18-/m0/s1. The van der Waals surface area contributed by atoms with Gasteiger partial charge in [-0.2, -0.15) is 0 Å². The minimum atomic E-state index is -0.761. The predicted molar refractivity (Wildman–Crippen MR) is 98.5 cm³/mol. The van der Waals surface area contributed by atoms with E-state index >= 15 is 0 Å². The molecule has 0 bridgehead atoms. The van der Waals surface area contributed by atoms with Gasteiger partial charge in [0.15, 0.2) is 11.5 Å². The second-order valence-corrected chi connectivity index (χ2v) is 6.43. The summed E-state index contributed by atoms with van der Waals surface area (Å²) in [5, 5.41) is 2.85. The van der Waals surface area contributed by atoms with Crippen molar-refractivity contribution in [3.8, 4) is 11.5 Å². The molecule has 1 N–H and O–H groups in total. The third-order valence-electron chi connectivity index (χ3n) is 4.21. The van der Waals surface area contributed by atoms with Crippen molar-refractivity contribution >= 4 is 17.5 Å². The van der Waals surface area contributed by atoms with E-state index in [1.807, 2.05) is 44.2 Å². The SMILES string of the molecule is Cc1ccc(C)c(NC(=O)CN(C)C(=O)[C@@H]2COc3ccccc3O2)c1. The first-order chi connectivity index (χ1) is 12.4. The molecule has 0 radical (unpaired) electrons. The lowest BCUT2D eigenvalue weighted by atomic mass is 10.1. The zero-order chi connectivity index (χ0) is 18.7. The molecule has 1 atom stereocenters. The fraction of sp³-hybridized carbons (Fsp3) is 0.300. The molecule has 1 aliphatic heterocycles. The van der Waals surface area contributed by atoms with E-state index in [1.54, 1.807) is 19.2 Å². The summed E-state index contributed by atoms with van der Waals surface area (Å²) in [4.78, 5) is 26.2. The van der Waals surface area contributed by atoms with Crippen LogP contribution in [0.15, 0.2) is 42.5 Å². The number of carbonyl (C=O) groups is 2. The van der Waals surface area contributed by atoms with Gasteiger partial charge in [-0.15, -0.1) is 0 Å². The zero-order valence-electron chi connectivity index (χ0n) is 15.1. The van der Waals surface area contributed by atoms with Crippen molar-refractivity contribution in [3.63, 3.8) is 0 Å². The maximum absolute atomic E-state index is 12.6. The van der Waals surface area contributed by atoms with Gasteiger partial charge in [-0.1, -0.05) is 24.3 Å². The van der Waals surface area contributed by atoms with Crippen molar-refractivity contribution in [2.45, 2.75) is 20.0 Å². The maximum atomic E-state index is 12.6. The second-order valence-electron chi connectivity index (χ2n) is 6.43. The van der Waals surface area contributed by atoms with Crippen molar-refractivity contribution in [2.75, 3.05) is 25.5 Å². The lowest BCUT2D eigenvalue weighted by Crippen LogP contribution is -2.47. The number of fused-ring (bicyclic) bond motifs is 1. The Hall–Kier alpha value is -3.02. The zero-order valence-corrected chi connectivity index (χ0v) is 15.1. The largest absolute Gasteiger partial charge is 0.485 e. The number of aryl methyl sites for hydroxylation is 2. The average Bonchev–Trinajstić information content (AvgIpc) is 2.63. The van der Waals surface area contributed by atoms with Gasteiger partial charge in [0.2, 0.25) is 12.0 Å². The topological polar surface area (TPSA) is 67.9 Å². The third kappa shape index (κ3) is 3.96. The molecule has 1 aliphatic rings. The normalized spacial score (nSPS) is 15.3. The van der Waals surface area contributed by atoms with Crippen LogP contribution >= 0.6 is 0 Å². The Morgan fingerprint density at radius 3 is 2.65 bits per heavy atom. The lowest BCUT2D eigenvalue weighted by Gasteiger charge is -2.28. The summed E-state index contributed by atoms with van der Waals surface area (Å²) in [6.07, 6.45) is -0.761. The van der Waals surface area contributed by atoms with Crippen LogP contribution in [0.2, 0.25) is 0 Å². The molecule has 1 heterocycles. The fourth-order valence-electron chi connectivity index (χ4n) is 2.74. The first-order valence-electron chi connectivity index (χ1n) is 8.44. The van der Waals surface area contributed by atoms with Gasteiger partial charge in [0, 0.05) is 12.7 Å². The second kappa shape index (κ2) is 7.47. The molecule has 2 aromatic rings. The molecular weight excluding hydrogens is 332 g/mol. The summed E-state index contributed by atoms with van der Waals surface area (Å²) < 4.78 is 11.3. The van der Waals surface area contributed by atoms with Gasteiger partial charge in [0.05, 0.1) is 6.54 Å². The Labute approximate surface area is 152 Å². The number of hydrogen-bond acceptors (Lipinski definition) is 4. The lowest BCUT2D eigenvalue weighted by molar-refractivity contribution is -0.141. The van der Waals surface area contributed by atoms with Crippen molar-refractivity contribution in [1.29, 1.82) is 0 Å². The number of nitrogens with one attached hydrogen (secondary N) is 1. The Morgan fingerprint density at radius 1 is 1.15 bits per heavy atom. The van der Waals surface area contributed by atoms with E-state index in [-0.39, 0.29) is 25.0 Å². The molecule has 0 aromatic heterocycles. The third-order valence-corrected chi connectivity index (χ3v) is 4.21. The van der Waals surface area contributed by atoms with Crippen LogP contribution in [0.5, 0.6) is 11.5 Å². The van der Waals surface area contributed by atoms with Crippen molar-refractivity contribution in [2.24, 2.45) is 0 Å². The number of hydrogen-bond donors (Lipinski definition) is 1. The number of para-hydroxylation sites is 2. The highest BCUT2D eigenvalue weighted by molar-refractivity contribution is 5.95. The number of nitrogens with zero attached hydrogens (tertiary/aromatic N) is 1. The van der Waals surface area contributed by atoms with Crippen LogP contribution in [0.25, 0.3) is 0 Å². The monoisotopic (exact) mass is 354 g/mol. The summed E-state index contributed by atoms with van der Waals surface area (Å²) >= 11 is 0. The van der Waals surface area contributed by atoms with Crippen LogP contribution in [0.1, 0.15) is 11.1 Å². The van der Waals surface area contributed by atoms with Crippen LogP contribution in [0.3, 0.4) is 0 Å². The fourth-order valence-corrected chi connectivity index (χ4v) is 2.74.